The molecule has 1 saturated heterocycles. The third-order valence-electron chi connectivity index (χ3n) is 8.99. The molecular formula is C34H33ClF4N8O5. The number of aromatic hydroxyl groups is 1. The van der Waals surface area contributed by atoms with E-state index < -0.39 is 52.0 Å². The minimum absolute atomic E-state index is 0.0180. The summed E-state index contributed by atoms with van der Waals surface area (Å²) in [5.41, 5.74) is -1.22. The van der Waals surface area contributed by atoms with Crippen molar-refractivity contribution in [1.29, 1.82) is 0 Å². The van der Waals surface area contributed by atoms with Gasteiger partial charge in [-0.25, -0.2) is 14.4 Å². The number of aryl methyl sites for hydroxylation is 1. The Morgan fingerprint density at radius 2 is 1.96 bits per heavy atom. The number of hydrogen-bond donors (Lipinski definition) is 2. The molecule has 0 bridgehead atoms. The Bertz CT molecular complexity index is 2250. The zero-order valence-corrected chi connectivity index (χ0v) is 29.2. The largest absolute Gasteiger partial charge is 0.504 e. The molecule has 0 radical (unpaired) electrons. The van der Waals surface area contributed by atoms with E-state index in [1.807, 2.05) is 13.8 Å². The first kappa shape index (κ1) is 36.6. The molecule has 3 aromatic heterocycles. The van der Waals surface area contributed by atoms with E-state index in [9.17, 15) is 37.1 Å². The van der Waals surface area contributed by atoms with Crippen LogP contribution in [0.4, 0.5) is 23.2 Å². The van der Waals surface area contributed by atoms with Crippen LogP contribution in [0.5, 0.6) is 5.75 Å². The van der Waals surface area contributed by atoms with Gasteiger partial charge in [0.1, 0.15) is 17.9 Å². The number of rotatable bonds is 7. The van der Waals surface area contributed by atoms with Crippen LogP contribution in [0, 0.1) is 12.7 Å². The van der Waals surface area contributed by atoms with E-state index in [0.29, 0.717) is 43.4 Å². The second kappa shape index (κ2) is 13.8. The zero-order chi connectivity index (χ0) is 37.7. The summed E-state index contributed by atoms with van der Waals surface area (Å²) in [6.07, 6.45) is 0.653. The monoisotopic (exact) mass is 744 g/mol. The number of benzene rings is 1. The van der Waals surface area contributed by atoms with Gasteiger partial charge in [-0.15, -0.1) is 5.10 Å². The first-order valence-electron chi connectivity index (χ1n) is 16.2. The first-order chi connectivity index (χ1) is 24.5. The lowest BCUT2D eigenvalue weighted by Gasteiger charge is -2.30. The van der Waals surface area contributed by atoms with Gasteiger partial charge in [-0.2, -0.15) is 22.7 Å². The van der Waals surface area contributed by atoms with Crippen LogP contribution in [0.2, 0.25) is 5.02 Å². The fourth-order valence-electron chi connectivity index (χ4n) is 6.40. The molecule has 6 rings (SSSR count). The number of nitrogens with zero attached hydrogens (tertiary/aromatic N) is 7. The maximum Gasteiger partial charge on any atom is 0.419 e. The average molecular weight is 745 g/mol. The van der Waals surface area contributed by atoms with Crippen LogP contribution in [0.25, 0.3) is 17.4 Å². The highest BCUT2D eigenvalue weighted by Gasteiger charge is 2.40. The van der Waals surface area contributed by atoms with Crippen LogP contribution < -0.4 is 10.9 Å². The Kier molecular flexibility index (Phi) is 9.69. The van der Waals surface area contributed by atoms with Crippen molar-refractivity contribution in [2.45, 2.75) is 65.2 Å². The highest BCUT2D eigenvalue weighted by molar-refractivity contribution is 6.34. The molecule has 1 aromatic carbocycles. The molecule has 0 aliphatic carbocycles. The minimum Gasteiger partial charge on any atom is -0.504 e. The molecule has 13 nitrogen and oxygen atoms in total. The maximum absolute atomic E-state index is 14.6. The Morgan fingerprint density at radius 3 is 2.63 bits per heavy atom. The van der Waals surface area contributed by atoms with E-state index in [2.05, 4.69) is 25.4 Å². The molecule has 5 heterocycles. The number of carbonyl (C=O) groups excluding carboxylic acids is 2. The predicted octanol–water partition coefficient (Wildman–Crippen LogP) is 5.22. The number of hydrogen-bond acceptors (Lipinski definition) is 9. The van der Waals surface area contributed by atoms with Gasteiger partial charge in [-0.05, 0) is 69.4 Å². The van der Waals surface area contributed by atoms with Crippen molar-refractivity contribution in [3.63, 3.8) is 0 Å². The molecule has 2 amide bonds. The van der Waals surface area contributed by atoms with Gasteiger partial charge in [-0.3, -0.25) is 14.4 Å². The standard InChI is InChI=1S/C34H33ClF4N8O5/c1-5-23-20(12-18-13-33(3,4)46(14-18)31(51)27-28(49)17(2)40-16-41-27)30(50)47-32(43-29(44-47)19-8-10-52-11-9-19)45(23)15-24(48)42-22-7-6-21(34(37,38)39)26(36)25(22)35/h6-8,12,16,49H,5,9-11,13-15H2,1-4H3,(H,42,48)/b18-12+. The summed E-state index contributed by atoms with van der Waals surface area (Å²) in [4.78, 5) is 55.3. The molecule has 2 aliphatic heterocycles. The normalized spacial score (nSPS) is 16.8. The predicted molar refractivity (Wildman–Crippen MR) is 181 cm³/mol. The fraction of sp³-hybridized carbons (Fsp3) is 0.382. The molecule has 274 valence electrons. The third kappa shape index (κ3) is 6.77. The summed E-state index contributed by atoms with van der Waals surface area (Å²) in [6.45, 7) is 7.29. The van der Waals surface area contributed by atoms with Crippen molar-refractivity contribution in [2.24, 2.45) is 0 Å². The number of aromatic nitrogens is 6. The van der Waals surface area contributed by atoms with Crippen LogP contribution >= 0.6 is 11.6 Å². The Labute approximate surface area is 298 Å². The number of carbonyl (C=O) groups is 2. The maximum atomic E-state index is 14.6. The van der Waals surface area contributed by atoms with Gasteiger partial charge >= 0.3 is 6.18 Å². The minimum atomic E-state index is -5.00. The lowest BCUT2D eigenvalue weighted by molar-refractivity contribution is -0.140. The van der Waals surface area contributed by atoms with Gasteiger partial charge in [0, 0.05) is 17.8 Å². The van der Waals surface area contributed by atoms with E-state index in [4.69, 9.17) is 16.3 Å². The second-order valence-corrected chi connectivity index (χ2v) is 13.4. The highest BCUT2D eigenvalue weighted by atomic mass is 35.5. The van der Waals surface area contributed by atoms with E-state index in [1.165, 1.54) is 15.8 Å². The molecule has 1 fully saturated rings. The Balaban J connectivity index is 1.43. The number of ether oxygens (including phenoxy) is 1. The van der Waals surface area contributed by atoms with Gasteiger partial charge in [0.05, 0.1) is 35.7 Å². The van der Waals surface area contributed by atoms with Crippen LogP contribution in [0.15, 0.2) is 34.9 Å². The van der Waals surface area contributed by atoms with Gasteiger partial charge in [0.25, 0.3) is 11.5 Å². The first-order valence-corrected chi connectivity index (χ1v) is 16.6. The summed E-state index contributed by atoms with van der Waals surface area (Å²) in [5.74, 6) is -3.13. The zero-order valence-electron chi connectivity index (χ0n) is 28.4. The molecule has 52 heavy (non-hydrogen) atoms. The molecular weight excluding hydrogens is 712 g/mol. The Morgan fingerprint density at radius 1 is 1.21 bits per heavy atom. The van der Waals surface area contributed by atoms with Crippen LogP contribution in [-0.2, 0) is 28.7 Å². The van der Waals surface area contributed by atoms with Crippen molar-refractivity contribution >= 4 is 46.5 Å². The van der Waals surface area contributed by atoms with Crippen molar-refractivity contribution in [1.82, 2.24) is 34.0 Å². The highest BCUT2D eigenvalue weighted by Crippen LogP contribution is 2.38. The van der Waals surface area contributed by atoms with Crippen molar-refractivity contribution in [3.8, 4) is 5.75 Å². The fourth-order valence-corrected chi connectivity index (χ4v) is 6.61. The van der Waals surface area contributed by atoms with Crippen molar-refractivity contribution in [3.05, 3.63) is 85.3 Å². The van der Waals surface area contributed by atoms with Gasteiger partial charge in [-0.1, -0.05) is 24.6 Å². The van der Waals surface area contributed by atoms with Crippen molar-refractivity contribution < 1.29 is 37.0 Å². The van der Waals surface area contributed by atoms with Gasteiger partial charge in [0.15, 0.2) is 23.1 Å². The van der Waals surface area contributed by atoms with E-state index in [0.717, 1.165) is 16.2 Å². The smallest absolute Gasteiger partial charge is 0.419 e. The number of amides is 2. The van der Waals surface area contributed by atoms with Crippen LogP contribution in [0.1, 0.15) is 72.4 Å². The third-order valence-corrected chi connectivity index (χ3v) is 9.36. The molecule has 0 unspecified atom stereocenters. The van der Waals surface area contributed by atoms with Gasteiger partial charge in [0.2, 0.25) is 11.7 Å². The number of halogens is 5. The second-order valence-electron chi connectivity index (χ2n) is 13.0. The van der Waals surface area contributed by atoms with E-state index in [-0.39, 0.29) is 53.0 Å². The summed E-state index contributed by atoms with van der Waals surface area (Å²) < 4.78 is 62.2. The summed E-state index contributed by atoms with van der Waals surface area (Å²) in [7, 11) is 0. The lowest BCUT2D eigenvalue weighted by Crippen LogP contribution is -2.43. The van der Waals surface area contributed by atoms with E-state index >= 15 is 0 Å². The summed E-state index contributed by atoms with van der Waals surface area (Å²) in [6, 6.07) is 1.33. The number of nitrogens with one attached hydrogen (secondary N) is 1. The SMILES string of the molecule is CCc1c(/C=C2/CN(C(=O)c3ncnc(C)c3O)C(C)(C)C2)c(=O)n2nc(C3=CCOCC3)nc2n1CC(=O)Nc1ccc(C(F)(F)F)c(F)c1Cl. The number of alkyl halides is 3. The topological polar surface area (TPSA) is 157 Å². The van der Waals surface area contributed by atoms with Crippen LogP contribution in [0.3, 0.4) is 0 Å². The Hall–Kier alpha value is -5.16. The molecule has 2 N–H and O–H groups in total. The molecule has 0 spiro atoms. The summed E-state index contributed by atoms with van der Waals surface area (Å²) in [5, 5.41) is 16.5. The molecule has 4 aromatic rings. The average Bonchev–Trinajstić information content (AvgIpc) is 3.67. The molecule has 0 atom stereocenters. The molecule has 2 aliphatic rings. The number of anilines is 1. The molecule has 0 saturated carbocycles. The van der Waals surface area contributed by atoms with Crippen LogP contribution in [-0.4, -0.2) is 76.3 Å². The van der Waals surface area contributed by atoms with Gasteiger partial charge < -0.3 is 24.6 Å². The lowest BCUT2D eigenvalue weighted by atomic mass is 9.98. The van der Waals surface area contributed by atoms with E-state index in [1.54, 1.807) is 26.0 Å². The number of fused-ring (bicyclic) bond motifs is 1. The quantitative estimate of drug-likeness (QED) is 0.242. The summed E-state index contributed by atoms with van der Waals surface area (Å²) >= 11 is 5.91. The molecule has 18 heteroatoms. The number of likely N-dealkylation sites (tertiary alicyclic amines) is 1. The van der Waals surface area contributed by atoms with Crippen molar-refractivity contribution in [2.75, 3.05) is 25.1 Å².